The van der Waals surface area contributed by atoms with Gasteiger partial charge in [-0.15, -0.1) is 0 Å². The molecule has 1 heterocycles. The zero-order valence-corrected chi connectivity index (χ0v) is 13.4. The molecule has 3 rings (SSSR count). The molecule has 0 unspecified atom stereocenters. The third-order valence-corrected chi connectivity index (χ3v) is 3.96. The molecule has 0 spiro atoms. The van der Waals surface area contributed by atoms with E-state index >= 15 is 0 Å². The van der Waals surface area contributed by atoms with Crippen LogP contribution in [0.15, 0.2) is 48.7 Å². The molecule has 0 saturated carbocycles. The maximum Gasteiger partial charge on any atom is 0.270 e. The van der Waals surface area contributed by atoms with E-state index in [9.17, 15) is 14.9 Å². The Morgan fingerprint density at radius 3 is 2.64 bits per heavy atom. The summed E-state index contributed by atoms with van der Waals surface area (Å²) in [6.45, 7) is 0.301. The molecule has 1 N–H and O–H groups in total. The molecular weight excluding hydrogens is 320 g/mol. The van der Waals surface area contributed by atoms with Gasteiger partial charge in [-0.25, -0.2) is 0 Å². The van der Waals surface area contributed by atoms with Crippen molar-refractivity contribution in [2.45, 2.75) is 6.54 Å². The van der Waals surface area contributed by atoms with E-state index in [1.165, 1.54) is 12.1 Å². The molecule has 3 aromatic rings. The smallest absolute Gasteiger partial charge is 0.270 e. The number of non-ortho nitro benzene ring substituents is 1. The molecule has 124 valence electrons. The van der Waals surface area contributed by atoms with Gasteiger partial charge in [0.1, 0.15) is 0 Å². The maximum absolute atomic E-state index is 12.5. The summed E-state index contributed by atoms with van der Waals surface area (Å²) in [5, 5.41) is 23.1. The second-order valence-corrected chi connectivity index (χ2v) is 5.60. The molecule has 2 aromatic carbocycles. The zero-order chi connectivity index (χ0) is 18.0. The van der Waals surface area contributed by atoms with Crippen molar-refractivity contribution in [2.24, 2.45) is 7.05 Å². The molecule has 7 nitrogen and oxygen atoms in total. The Kier molecular flexibility index (Phi) is 4.18. The van der Waals surface area contributed by atoms with Crippen LogP contribution >= 0.6 is 0 Å². The minimum Gasteiger partial charge on any atom is -0.350 e. The van der Waals surface area contributed by atoms with Crippen molar-refractivity contribution in [3.63, 3.8) is 0 Å². The van der Waals surface area contributed by atoms with Gasteiger partial charge in [0.05, 0.1) is 22.1 Å². The van der Waals surface area contributed by atoms with Crippen molar-refractivity contribution in [3.8, 4) is 6.07 Å². The van der Waals surface area contributed by atoms with E-state index in [1.54, 1.807) is 48.1 Å². The first-order chi connectivity index (χ1) is 12.0. The van der Waals surface area contributed by atoms with Crippen molar-refractivity contribution < 1.29 is 9.72 Å². The average molecular weight is 334 g/mol. The Hall–Kier alpha value is -3.66. The van der Waals surface area contributed by atoms with Crippen LogP contribution in [-0.2, 0) is 13.6 Å². The second-order valence-electron chi connectivity index (χ2n) is 5.60. The Labute approximate surface area is 143 Å². The molecule has 0 atom stereocenters. The first-order valence-corrected chi connectivity index (χ1v) is 7.50. The van der Waals surface area contributed by atoms with E-state index in [1.807, 2.05) is 6.07 Å². The number of nitrogens with one attached hydrogen (secondary N) is 1. The monoisotopic (exact) mass is 334 g/mol. The molecule has 7 heteroatoms. The normalized spacial score (nSPS) is 10.4. The number of carbonyl (C=O) groups excluding carboxylic acids is 1. The van der Waals surface area contributed by atoms with E-state index < -0.39 is 4.92 Å². The Bertz CT molecular complexity index is 1010. The lowest BCUT2D eigenvalue weighted by molar-refractivity contribution is -0.384. The van der Waals surface area contributed by atoms with E-state index in [2.05, 4.69) is 5.32 Å². The minimum atomic E-state index is -0.481. The highest BCUT2D eigenvalue weighted by Crippen LogP contribution is 2.25. The topological polar surface area (TPSA) is 101 Å². The summed E-state index contributed by atoms with van der Waals surface area (Å²) < 4.78 is 1.76. The van der Waals surface area contributed by atoms with Gasteiger partial charge in [0, 0.05) is 42.8 Å². The number of aryl methyl sites for hydroxylation is 1. The Balaban J connectivity index is 1.85. The molecule has 1 aromatic heterocycles. The fourth-order valence-corrected chi connectivity index (χ4v) is 2.65. The molecule has 0 saturated heterocycles. The molecule has 0 aliphatic carbocycles. The van der Waals surface area contributed by atoms with Crippen LogP contribution in [0.4, 0.5) is 5.69 Å². The highest BCUT2D eigenvalue weighted by molar-refractivity contribution is 6.07. The summed E-state index contributed by atoms with van der Waals surface area (Å²) in [4.78, 5) is 23.0. The number of carbonyl (C=O) groups is 1. The van der Waals surface area contributed by atoms with Gasteiger partial charge in [0.2, 0.25) is 0 Å². The quantitative estimate of drug-likeness (QED) is 0.585. The molecule has 0 bridgehead atoms. The number of rotatable bonds is 4. The highest BCUT2D eigenvalue weighted by atomic mass is 16.6. The predicted molar refractivity (Wildman–Crippen MR) is 91.9 cm³/mol. The van der Waals surface area contributed by atoms with E-state index in [-0.39, 0.29) is 11.6 Å². The van der Waals surface area contributed by atoms with E-state index in [0.29, 0.717) is 23.1 Å². The summed E-state index contributed by atoms with van der Waals surface area (Å²) in [5.74, 6) is -0.310. The SMILES string of the molecule is Cn1cc(C(=O)NCc2ccc(C#N)cc2)c2cc([N+](=O)[O-])ccc21. The van der Waals surface area contributed by atoms with Crippen LogP contribution in [0.5, 0.6) is 0 Å². The van der Waals surface area contributed by atoms with Gasteiger partial charge in [-0.05, 0) is 23.8 Å². The number of nitro benzene ring substituents is 1. The second kappa shape index (κ2) is 6.45. The fraction of sp³-hybridized carbons (Fsp3) is 0.111. The number of fused-ring (bicyclic) bond motifs is 1. The number of aromatic nitrogens is 1. The number of nitrogens with zero attached hydrogens (tertiary/aromatic N) is 3. The molecular formula is C18H14N4O3. The lowest BCUT2D eigenvalue weighted by atomic mass is 10.1. The first-order valence-electron chi connectivity index (χ1n) is 7.50. The van der Waals surface area contributed by atoms with E-state index in [4.69, 9.17) is 5.26 Å². The average Bonchev–Trinajstić information content (AvgIpc) is 2.96. The summed E-state index contributed by atoms with van der Waals surface area (Å²) >= 11 is 0. The van der Waals surface area contributed by atoms with E-state index in [0.717, 1.165) is 11.1 Å². The number of nitriles is 1. The van der Waals surface area contributed by atoms with Crippen molar-refractivity contribution in [1.29, 1.82) is 5.26 Å². The highest BCUT2D eigenvalue weighted by Gasteiger charge is 2.17. The largest absolute Gasteiger partial charge is 0.350 e. The summed E-state index contributed by atoms with van der Waals surface area (Å²) in [7, 11) is 1.78. The van der Waals surface area contributed by atoms with Gasteiger partial charge >= 0.3 is 0 Å². The molecule has 1 amide bonds. The minimum absolute atomic E-state index is 0.0557. The van der Waals surface area contributed by atoms with Gasteiger partial charge in [-0.2, -0.15) is 5.26 Å². The predicted octanol–water partition coefficient (Wildman–Crippen LogP) is 2.89. The van der Waals surface area contributed by atoms with Gasteiger partial charge in [0.25, 0.3) is 11.6 Å². The van der Waals surface area contributed by atoms with Crippen molar-refractivity contribution in [1.82, 2.24) is 9.88 Å². The van der Waals surface area contributed by atoms with Crippen LogP contribution in [0.3, 0.4) is 0 Å². The lowest BCUT2D eigenvalue weighted by Crippen LogP contribution is -2.22. The number of benzene rings is 2. The third kappa shape index (κ3) is 3.19. The van der Waals surface area contributed by atoms with Crippen LogP contribution < -0.4 is 5.32 Å². The summed E-state index contributed by atoms with van der Waals surface area (Å²) in [5.41, 5.74) is 2.49. The third-order valence-electron chi connectivity index (χ3n) is 3.96. The molecule has 25 heavy (non-hydrogen) atoms. The van der Waals surface area contributed by atoms with Crippen molar-refractivity contribution >= 4 is 22.5 Å². The van der Waals surface area contributed by atoms with Crippen LogP contribution in [0.25, 0.3) is 10.9 Å². The number of amides is 1. The van der Waals surface area contributed by atoms with Crippen LogP contribution in [0, 0.1) is 21.4 Å². The van der Waals surface area contributed by atoms with Crippen molar-refractivity contribution in [3.05, 3.63) is 75.5 Å². The summed E-state index contributed by atoms with van der Waals surface area (Å²) in [6.07, 6.45) is 1.66. The molecule has 0 fully saturated rings. The van der Waals surface area contributed by atoms with Crippen LogP contribution in [0.1, 0.15) is 21.5 Å². The maximum atomic E-state index is 12.5. The van der Waals surface area contributed by atoms with Gasteiger partial charge in [-0.1, -0.05) is 12.1 Å². The molecule has 0 aliphatic rings. The standard InChI is InChI=1S/C18H14N4O3/c1-21-11-16(15-8-14(22(24)25)6-7-17(15)21)18(23)20-10-13-4-2-12(9-19)3-5-13/h2-8,11H,10H2,1H3,(H,20,23). The summed E-state index contributed by atoms with van der Waals surface area (Å²) in [6, 6.07) is 13.4. The Morgan fingerprint density at radius 1 is 1.28 bits per heavy atom. The Morgan fingerprint density at radius 2 is 2.00 bits per heavy atom. The van der Waals surface area contributed by atoms with Gasteiger partial charge < -0.3 is 9.88 Å². The van der Waals surface area contributed by atoms with Crippen LogP contribution in [-0.4, -0.2) is 15.4 Å². The first kappa shape index (κ1) is 16.2. The zero-order valence-electron chi connectivity index (χ0n) is 13.4. The van der Waals surface area contributed by atoms with Gasteiger partial charge in [-0.3, -0.25) is 14.9 Å². The number of hydrogen-bond donors (Lipinski definition) is 1. The van der Waals surface area contributed by atoms with Crippen LogP contribution in [0.2, 0.25) is 0 Å². The fourth-order valence-electron chi connectivity index (χ4n) is 2.65. The number of nitro groups is 1. The number of hydrogen-bond acceptors (Lipinski definition) is 4. The van der Waals surface area contributed by atoms with Crippen molar-refractivity contribution in [2.75, 3.05) is 0 Å². The lowest BCUT2D eigenvalue weighted by Gasteiger charge is -2.05. The van der Waals surface area contributed by atoms with Gasteiger partial charge in [0.15, 0.2) is 0 Å². The molecule has 0 radical (unpaired) electrons. The molecule has 0 aliphatic heterocycles.